The average molecular weight is 371 g/mol. The van der Waals surface area contributed by atoms with Crippen LogP contribution in [0, 0.1) is 22.0 Å². The predicted molar refractivity (Wildman–Crippen MR) is 84.2 cm³/mol. The number of nitro groups is 1. The van der Waals surface area contributed by atoms with Crippen molar-refractivity contribution in [3.63, 3.8) is 0 Å². The number of halogens is 3. The molecule has 3 atom stereocenters. The van der Waals surface area contributed by atoms with E-state index in [1.165, 1.54) is 6.07 Å². The minimum absolute atomic E-state index is 0.0457. The quantitative estimate of drug-likeness (QED) is 0.638. The van der Waals surface area contributed by atoms with Crippen molar-refractivity contribution < 1.29 is 28.0 Å². The molecule has 1 aromatic carbocycles. The van der Waals surface area contributed by atoms with Crippen LogP contribution in [-0.4, -0.2) is 38.6 Å². The monoisotopic (exact) mass is 371 g/mol. The molecule has 0 spiro atoms. The molecule has 1 aliphatic heterocycles. The molecule has 7 nitrogen and oxygen atoms in total. The summed E-state index contributed by atoms with van der Waals surface area (Å²) in [6.45, 7) is 1.78. The highest BCUT2D eigenvalue weighted by Crippen LogP contribution is 2.49. The van der Waals surface area contributed by atoms with Gasteiger partial charge in [0.2, 0.25) is 0 Å². The van der Waals surface area contributed by atoms with Crippen molar-refractivity contribution in [2.24, 2.45) is 16.9 Å². The number of benzene rings is 1. The fraction of sp³-hybridized carbons (Fsp3) is 0.500. The molecule has 0 aromatic heterocycles. The first-order chi connectivity index (χ1) is 12.1. The fourth-order valence-corrected chi connectivity index (χ4v) is 3.49. The van der Waals surface area contributed by atoms with Crippen LogP contribution in [0.15, 0.2) is 29.4 Å². The van der Waals surface area contributed by atoms with Crippen molar-refractivity contribution in [3.05, 3.63) is 39.9 Å². The molecule has 10 heteroatoms. The number of fused-ring (bicyclic) bond motifs is 1. The lowest BCUT2D eigenvalue weighted by atomic mass is 9.76. The summed E-state index contributed by atoms with van der Waals surface area (Å²) in [6, 6.07) is 4.32. The third kappa shape index (κ3) is 2.74. The van der Waals surface area contributed by atoms with E-state index in [9.17, 15) is 33.2 Å². The molecule has 0 saturated heterocycles. The maximum atomic E-state index is 13.8. The number of carbonyl (C=O) groups is 1. The van der Waals surface area contributed by atoms with Crippen molar-refractivity contribution in [3.8, 4) is 0 Å². The molecule has 1 aromatic rings. The molecule has 2 aliphatic rings. The molecule has 1 heterocycles. The van der Waals surface area contributed by atoms with Crippen LogP contribution < -0.4 is 0 Å². The van der Waals surface area contributed by atoms with Crippen LogP contribution >= 0.6 is 0 Å². The first-order valence-electron chi connectivity index (χ1n) is 8.01. The number of nitrogens with zero attached hydrogens (tertiary/aromatic N) is 3. The second-order valence-electron chi connectivity index (χ2n) is 6.67. The zero-order chi connectivity index (χ0) is 19.3. The highest BCUT2D eigenvalue weighted by molar-refractivity contribution is 5.99. The van der Waals surface area contributed by atoms with Gasteiger partial charge in [-0.15, -0.1) is 0 Å². The van der Waals surface area contributed by atoms with Gasteiger partial charge in [0, 0.05) is 23.4 Å². The lowest BCUT2D eigenvalue weighted by molar-refractivity contribution is -0.384. The van der Waals surface area contributed by atoms with Gasteiger partial charge in [-0.3, -0.25) is 14.9 Å². The predicted octanol–water partition coefficient (Wildman–Crippen LogP) is 3.09. The second kappa shape index (κ2) is 6.04. The van der Waals surface area contributed by atoms with Gasteiger partial charge in [0.25, 0.3) is 17.3 Å². The fourth-order valence-electron chi connectivity index (χ4n) is 3.49. The van der Waals surface area contributed by atoms with Crippen LogP contribution in [0.4, 0.5) is 18.9 Å². The summed E-state index contributed by atoms with van der Waals surface area (Å²) in [5.41, 5.74) is -4.12. The highest BCUT2D eigenvalue weighted by Gasteiger charge is 2.68. The summed E-state index contributed by atoms with van der Waals surface area (Å²) >= 11 is 0. The number of alkyl halides is 3. The Hall–Kier alpha value is -2.49. The number of aliphatic hydroxyl groups is 1. The van der Waals surface area contributed by atoms with E-state index in [1.54, 1.807) is 6.92 Å². The van der Waals surface area contributed by atoms with E-state index in [4.69, 9.17) is 0 Å². The van der Waals surface area contributed by atoms with E-state index >= 15 is 0 Å². The molecule has 0 bridgehead atoms. The number of hydrogen-bond acceptors (Lipinski definition) is 5. The van der Waals surface area contributed by atoms with Crippen LogP contribution in [0.5, 0.6) is 0 Å². The van der Waals surface area contributed by atoms with Crippen molar-refractivity contribution in [2.45, 2.75) is 38.1 Å². The number of hydrazone groups is 1. The lowest BCUT2D eigenvalue weighted by Crippen LogP contribution is -2.61. The SMILES string of the molecule is CC1CCC2=NN(C(=O)c3cccc([N+](=O)[O-])c3)C(O)(C(F)(F)F)C2C1. The topological polar surface area (TPSA) is 96.0 Å². The first-order valence-corrected chi connectivity index (χ1v) is 8.01. The van der Waals surface area contributed by atoms with Crippen LogP contribution in [0.25, 0.3) is 0 Å². The van der Waals surface area contributed by atoms with Gasteiger partial charge in [0.05, 0.1) is 10.8 Å². The van der Waals surface area contributed by atoms with E-state index in [2.05, 4.69) is 5.10 Å². The Kier molecular flexibility index (Phi) is 4.26. The minimum atomic E-state index is -5.13. The molecule has 26 heavy (non-hydrogen) atoms. The normalized spacial score (nSPS) is 28.5. The Morgan fingerprint density at radius 1 is 1.46 bits per heavy atom. The number of amides is 1. The van der Waals surface area contributed by atoms with E-state index < -0.39 is 34.3 Å². The van der Waals surface area contributed by atoms with Crippen molar-refractivity contribution in [2.75, 3.05) is 0 Å². The van der Waals surface area contributed by atoms with Gasteiger partial charge in [-0.25, -0.2) is 0 Å². The summed E-state index contributed by atoms with van der Waals surface area (Å²) in [6.07, 6.45) is -4.21. The number of non-ortho nitro benzene ring substituents is 1. The molecule has 1 amide bonds. The van der Waals surface area contributed by atoms with Crippen LogP contribution in [-0.2, 0) is 0 Å². The Morgan fingerprint density at radius 2 is 2.15 bits per heavy atom. The summed E-state index contributed by atoms with van der Waals surface area (Å²) in [4.78, 5) is 22.7. The third-order valence-corrected chi connectivity index (χ3v) is 4.88. The van der Waals surface area contributed by atoms with E-state index in [-0.39, 0.29) is 35.0 Å². The summed E-state index contributed by atoms with van der Waals surface area (Å²) in [7, 11) is 0. The van der Waals surface area contributed by atoms with Crippen LogP contribution in [0.2, 0.25) is 0 Å². The van der Waals surface area contributed by atoms with E-state index in [0.717, 1.165) is 18.2 Å². The minimum Gasteiger partial charge on any atom is -0.362 e. The average Bonchev–Trinajstić information content (AvgIpc) is 2.88. The van der Waals surface area contributed by atoms with Crippen molar-refractivity contribution in [1.29, 1.82) is 0 Å². The van der Waals surface area contributed by atoms with Crippen LogP contribution in [0.3, 0.4) is 0 Å². The zero-order valence-electron chi connectivity index (χ0n) is 13.7. The Labute approximate surface area is 146 Å². The van der Waals surface area contributed by atoms with Gasteiger partial charge in [-0.05, 0) is 31.2 Å². The third-order valence-electron chi connectivity index (χ3n) is 4.88. The molecule has 140 valence electrons. The van der Waals surface area contributed by atoms with Gasteiger partial charge < -0.3 is 5.11 Å². The highest BCUT2D eigenvalue weighted by atomic mass is 19.4. The zero-order valence-corrected chi connectivity index (χ0v) is 13.7. The van der Waals surface area contributed by atoms with Gasteiger partial charge in [-0.1, -0.05) is 13.0 Å². The standard InChI is InChI=1S/C16H16F3N3O4/c1-9-5-6-13-12(7-9)15(24,16(17,18)19)21(20-13)14(23)10-3-2-4-11(8-10)22(25)26/h2-4,8-9,12,24H,5-7H2,1H3. The van der Waals surface area contributed by atoms with Gasteiger partial charge in [0.1, 0.15) is 0 Å². The number of hydrogen-bond donors (Lipinski definition) is 1. The maximum Gasteiger partial charge on any atom is 0.439 e. The summed E-state index contributed by atoms with van der Waals surface area (Å²) in [5, 5.41) is 25.2. The summed E-state index contributed by atoms with van der Waals surface area (Å²) in [5.74, 6) is -2.63. The van der Waals surface area contributed by atoms with E-state index in [0.29, 0.717) is 6.42 Å². The van der Waals surface area contributed by atoms with Gasteiger partial charge >= 0.3 is 6.18 Å². The molecule has 0 radical (unpaired) electrons. The largest absolute Gasteiger partial charge is 0.439 e. The molecule has 1 saturated carbocycles. The molecule has 1 aliphatic carbocycles. The van der Waals surface area contributed by atoms with Gasteiger partial charge in [0.15, 0.2) is 0 Å². The van der Waals surface area contributed by atoms with Crippen LogP contribution in [0.1, 0.15) is 36.5 Å². The summed E-state index contributed by atoms with van der Waals surface area (Å²) < 4.78 is 41.3. The number of carbonyl (C=O) groups excluding carboxylic acids is 1. The molecule has 1 N–H and O–H groups in total. The van der Waals surface area contributed by atoms with Crippen molar-refractivity contribution in [1.82, 2.24) is 5.01 Å². The first kappa shape index (κ1) is 18.3. The number of nitro benzene ring substituents is 1. The van der Waals surface area contributed by atoms with E-state index in [1.807, 2.05) is 0 Å². The molecule has 1 fully saturated rings. The molecular formula is C16H16F3N3O4. The number of rotatable bonds is 2. The molecule has 3 unspecified atom stereocenters. The smallest absolute Gasteiger partial charge is 0.362 e. The Morgan fingerprint density at radius 3 is 2.77 bits per heavy atom. The lowest BCUT2D eigenvalue weighted by Gasteiger charge is -2.39. The Balaban J connectivity index is 2.04. The second-order valence-corrected chi connectivity index (χ2v) is 6.67. The van der Waals surface area contributed by atoms with Crippen molar-refractivity contribution >= 4 is 17.3 Å². The van der Waals surface area contributed by atoms with Gasteiger partial charge in [-0.2, -0.15) is 23.3 Å². The maximum absolute atomic E-state index is 13.8. The molecule has 3 rings (SSSR count). The Bertz CT molecular complexity index is 795. The molecular weight excluding hydrogens is 355 g/mol.